The van der Waals surface area contributed by atoms with Gasteiger partial charge in [-0.3, -0.25) is 4.68 Å². The number of benzene rings is 1. The Labute approximate surface area is 137 Å². The van der Waals surface area contributed by atoms with E-state index < -0.39 is 6.10 Å². The normalized spacial score (nSPS) is 12.9. The Kier molecular flexibility index (Phi) is 6.84. The van der Waals surface area contributed by atoms with E-state index in [0.717, 1.165) is 17.9 Å². The minimum atomic E-state index is -0.508. The third-order valence-electron chi connectivity index (χ3n) is 3.25. The van der Waals surface area contributed by atoms with Crippen LogP contribution in [0.15, 0.2) is 48.8 Å². The summed E-state index contributed by atoms with van der Waals surface area (Å²) in [5.74, 6) is 0.762. The van der Waals surface area contributed by atoms with Crippen LogP contribution < -0.4 is 10.1 Å². The number of aliphatic hydroxyl groups excluding tert-OH is 1. The Hall–Kier alpha value is -2.11. The number of allylic oxidation sites excluding steroid dienone is 1. The molecule has 0 saturated heterocycles. The molecule has 5 heteroatoms. The molecule has 124 valence electrons. The van der Waals surface area contributed by atoms with Gasteiger partial charge in [-0.25, -0.2) is 0 Å². The summed E-state index contributed by atoms with van der Waals surface area (Å²) in [6, 6.07) is 10.1. The highest BCUT2D eigenvalue weighted by Gasteiger charge is 2.05. The lowest BCUT2D eigenvalue weighted by Crippen LogP contribution is -2.35. The number of aromatic nitrogens is 2. The van der Waals surface area contributed by atoms with Gasteiger partial charge in [-0.2, -0.15) is 5.10 Å². The van der Waals surface area contributed by atoms with Gasteiger partial charge in [0.05, 0.1) is 6.54 Å². The molecule has 0 spiro atoms. The van der Waals surface area contributed by atoms with Crippen LogP contribution in [0.1, 0.15) is 19.4 Å². The molecule has 23 heavy (non-hydrogen) atoms. The molecule has 0 aliphatic carbocycles. The lowest BCUT2D eigenvalue weighted by molar-refractivity contribution is 0.104. The number of nitrogens with zero attached hydrogens (tertiary/aromatic N) is 2. The lowest BCUT2D eigenvalue weighted by Gasteiger charge is -2.15. The first-order chi connectivity index (χ1) is 11.1. The van der Waals surface area contributed by atoms with Crippen LogP contribution in [0.5, 0.6) is 5.75 Å². The fourth-order valence-electron chi connectivity index (χ4n) is 2.00. The van der Waals surface area contributed by atoms with Gasteiger partial charge in [0.1, 0.15) is 18.5 Å². The van der Waals surface area contributed by atoms with Gasteiger partial charge in [-0.05, 0) is 23.8 Å². The molecule has 0 saturated carbocycles. The number of rotatable bonds is 9. The Morgan fingerprint density at radius 1 is 1.30 bits per heavy atom. The first-order valence-electron chi connectivity index (χ1n) is 7.92. The molecule has 0 amide bonds. The standard InChI is InChI=1S/C18H25N3O2/c1-15(2)19-13-17(22)14-23-18-8-6-16(7-9-18)5-3-11-21-12-4-10-20-21/h3-10,12,15,17,19,22H,11,13-14H2,1-2H3. The number of aliphatic hydroxyl groups is 1. The van der Waals surface area contributed by atoms with E-state index >= 15 is 0 Å². The molecular formula is C18H25N3O2. The van der Waals surface area contributed by atoms with Crippen LogP contribution in [-0.4, -0.2) is 40.2 Å². The van der Waals surface area contributed by atoms with E-state index in [1.807, 2.05) is 61.1 Å². The van der Waals surface area contributed by atoms with Crippen molar-refractivity contribution in [1.29, 1.82) is 0 Å². The summed E-state index contributed by atoms with van der Waals surface area (Å²) < 4.78 is 7.45. The molecule has 5 nitrogen and oxygen atoms in total. The van der Waals surface area contributed by atoms with E-state index in [1.54, 1.807) is 6.20 Å². The molecule has 1 atom stereocenters. The van der Waals surface area contributed by atoms with E-state index in [-0.39, 0.29) is 6.61 Å². The first kappa shape index (κ1) is 17.2. The Morgan fingerprint density at radius 2 is 2.09 bits per heavy atom. The van der Waals surface area contributed by atoms with E-state index in [0.29, 0.717) is 12.6 Å². The molecule has 1 aromatic heterocycles. The van der Waals surface area contributed by atoms with Crippen molar-refractivity contribution < 1.29 is 9.84 Å². The van der Waals surface area contributed by atoms with Crippen LogP contribution in [0.4, 0.5) is 0 Å². The van der Waals surface area contributed by atoms with Gasteiger partial charge < -0.3 is 15.2 Å². The third kappa shape index (κ3) is 6.67. The maximum Gasteiger partial charge on any atom is 0.119 e. The summed E-state index contributed by atoms with van der Waals surface area (Å²) in [7, 11) is 0. The van der Waals surface area contributed by atoms with Crippen molar-refractivity contribution in [2.24, 2.45) is 0 Å². The molecule has 2 rings (SSSR count). The average Bonchev–Trinajstić information content (AvgIpc) is 3.05. The van der Waals surface area contributed by atoms with Gasteiger partial charge >= 0.3 is 0 Å². The maximum absolute atomic E-state index is 9.81. The summed E-state index contributed by atoms with van der Waals surface area (Å²) in [5.41, 5.74) is 1.10. The highest BCUT2D eigenvalue weighted by molar-refractivity contribution is 5.50. The van der Waals surface area contributed by atoms with Crippen molar-refractivity contribution >= 4 is 6.08 Å². The van der Waals surface area contributed by atoms with Gasteiger partial charge in [-0.1, -0.05) is 38.1 Å². The van der Waals surface area contributed by atoms with Crippen LogP contribution in [0, 0.1) is 0 Å². The zero-order valence-corrected chi connectivity index (χ0v) is 13.7. The number of hydrogen-bond acceptors (Lipinski definition) is 4. The molecular weight excluding hydrogens is 290 g/mol. The molecule has 2 N–H and O–H groups in total. The predicted molar refractivity (Wildman–Crippen MR) is 92.3 cm³/mol. The Morgan fingerprint density at radius 3 is 2.74 bits per heavy atom. The molecule has 2 aromatic rings. The molecule has 1 unspecified atom stereocenters. The molecule has 0 fully saturated rings. The average molecular weight is 315 g/mol. The predicted octanol–water partition coefficient (Wildman–Crippen LogP) is 2.33. The van der Waals surface area contributed by atoms with Gasteiger partial charge in [0.15, 0.2) is 0 Å². The third-order valence-corrected chi connectivity index (χ3v) is 3.25. The summed E-state index contributed by atoms with van der Waals surface area (Å²) in [6.07, 6.45) is 7.30. The molecule has 0 aliphatic rings. The number of ether oxygens (including phenoxy) is 1. The van der Waals surface area contributed by atoms with Crippen molar-refractivity contribution in [3.8, 4) is 5.75 Å². The van der Waals surface area contributed by atoms with E-state index in [4.69, 9.17) is 4.74 Å². The van der Waals surface area contributed by atoms with Gasteiger partial charge in [0, 0.05) is 25.0 Å². The SMILES string of the molecule is CC(C)NCC(O)COc1ccc(C=CCn2cccn2)cc1. The second-order valence-electron chi connectivity index (χ2n) is 5.73. The maximum atomic E-state index is 9.81. The fraction of sp³-hybridized carbons (Fsp3) is 0.389. The van der Waals surface area contributed by atoms with Crippen molar-refractivity contribution in [3.05, 3.63) is 54.4 Å². The second-order valence-corrected chi connectivity index (χ2v) is 5.73. The summed E-state index contributed by atoms with van der Waals surface area (Å²) in [4.78, 5) is 0. The second kappa shape index (κ2) is 9.12. The van der Waals surface area contributed by atoms with Gasteiger partial charge in [-0.15, -0.1) is 0 Å². The smallest absolute Gasteiger partial charge is 0.119 e. The minimum Gasteiger partial charge on any atom is -0.491 e. The zero-order chi connectivity index (χ0) is 16.5. The molecule has 1 heterocycles. The van der Waals surface area contributed by atoms with Crippen LogP contribution >= 0.6 is 0 Å². The molecule has 0 aliphatic heterocycles. The molecule has 0 bridgehead atoms. The van der Waals surface area contributed by atoms with E-state index in [2.05, 4.69) is 16.5 Å². The van der Waals surface area contributed by atoms with Gasteiger partial charge in [0.2, 0.25) is 0 Å². The summed E-state index contributed by atoms with van der Waals surface area (Å²) in [5, 5.41) is 17.1. The quantitative estimate of drug-likeness (QED) is 0.746. The fourth-order valence-corrected chi connectivity index (χ4v) is 2.00. The van der Waals surface area contributed by atoms with Crippen LogP contribution in [-0.2, 0) is 6.54 Å². The van der Waals surface area contributed by atoms with E-state index in [9.17, 15) is 5.11 Å². The topological polar surface area (TPSA) is 59.3 Å². The van der Waals surface area contributed by atoms with Crippen LogP contribution in [0.3, 0.4) is 0 Å². The highest BCUT2D eigenvalue weighted by Crippen LogP contribution is 2.13. The summed E-state index contributed by atoms with van der Waals surface area (Å²) in [6.45, 7) is 5.67. The Balaban J connectivity index is 1.74. The van der Waals surface area contributed by atoms with E-state index in [1.165, 1.54) is 0 Å². The summed E-state index contributed by atoms with van der Waals surface area (Å²) >= 11 is 0. The van der Waals surface area contributed by atoms with Crippen molar-refractivity contribution in [2.45, 2.75) is 32.5 Å². The Bertz CT molecular complexity index is 577. The zero-order valence-electron chi connectivity index (χ0n) is 13.7. The monoisotopic (exact) mass is 315 g/mol. The number of hydrogen-bond donors (Lipinski definition) is 2. The van der Waals surface area contributed by atoms with Crippen molar-refractivity contribution in [1.82, 2.24) is 15.1 Å². The largest absolute Gasteiger partial charge is 0.491 e. The van der Waals surface area contributed by atoms with Crippen LogP contribution in [0.2, 0.25) is 0 Å². The molecule has 1 aromatic carbocycles. The molecule has 0 radical (unpaired) electrons. The highest BCUT2D eigenvalue weighted by atomic mass is 16.5. The minimum absolute atomic E-state index is 0.286. The first-order valence-corrected chi connectivity index (χ1v) is 7.92. The number of nitrogens with one attached hydrogen (secondary N) is 1. The van der Waals surface area contributed by atoms with Crippen molar-refractivity contribution in [3.63, 3.8) is 0 Å². The van der Waals surface area contributed by atoms with Crippen LogP contribution in [0.25, 0.3) is 6.08 Å². The van der Waals surface area contributed by atoms with Crippen molar-refractivity contribution in [2.75, 3.05) is 13.2 Å². The lowest BCUT2D eigenvalue weighted by atomic mass is 10.2. The van der Waals surface area contributed by atoms with Gasteiger partial charge in [0.25, 0.3) is 0 Å².